The molecule has 0 aromatic heterocycles. The predicted molar refractivity (Wildman–Crippen MR) is 72.3 cm³/mol. The lowest BCUT2D eigenvalue weighted by atomic mass is 9.80. The maximum absolute atomic E-state index is 9.81. The number of aliphatic hydroxyl groups is 1. The first-order chi connectivity index (χ1) is 9.24. The zero-order chi connectivity index (χ0) is 13.6. The number of methoxy groups -OCH3 is 1. The van der Waals surface area contributed by atoms with E-state index in [-0.39, 0.29) is 11.7 Å². The van der Waals surface area contributed by atoms with Crippen molar-refractivity contribution < 1.29 is 19.3 Å². The van der Waals surface area contributed by atoms with Gasteiger partial charge in [0.05, 0.1) is 31.0 Å². The molecular weight excluding hydrogens is 246 g/mol. The highest BCUT2D eigenvalue weighted by Gasteiger charge is 2.36. The van der Waals surface area contributed by atoms with E-state index in [2.05, 4.69) is 5.32 Å². The number of hydrogen-bond donors (Lipinski definition) is 2. The maximum atomic E-state index is 9.81. The highest BCUT2D eigenvalue weighted by molar-refractivity contribution is 4.91. The van der Waals surface area contributed by atoms with Crippen molar-refractivity contribution in [3.63, 3.8) is 0 Å². The molecule has 2 aliphatic rings. The van der Waals surface area contributed by atoms with E-state index in [1.165, 1.54) is 6.42 Å². The van der Waals surface area contributed by atoms with Gasteiger partial charge in [0.15, 0.2) is 0 Å². The lowest BCUT2D eigenvalue weighted by Gasteiger charge is -2.40. The highest BCUT2D eigenvalue weighted by Crippen LogP contribution is 2.34. The van der Waals surface area contributed by atoms with Crippen LogP contribution in [0.2, 0.25) is 0 Å². The van der Waals surface area contributed by atoms with Crippen LogP contribution in [-0.4, -0.2) is 62.9 Å². The first-order valence-electron chi connectivity index (χ1n) is 7.37. The van der Waals surface area contributed by atoms with Gasteiger partial charge in [-0.3, -0.25) is 0 Å². The van der Waals surface area contributed by atoms with Gasteiger partial charge >= 0.3 is 0 Å². The van der Waals surface area contributed by atoms with E-state index < -0.39 is 6.10 Å². The molecule has 1 saturated heterocycles. The van der Waals surface area contributed by atoms with Crippen molar-refractivity contribution >= 4 is 0 Å². The Kier molecular flexibility index (Phi) is 6.04. The first-order valence-corrected chi connectivity index (χ1v) is 7.37. The van der Waals surface area contributed by atoms with Crippen LogP contribution in [0.1, 0.15) is 32.1 Å². The minimum atomic E-state index is -0.463. The molecule has 5 heteroatoms. The second-order valence-corrected chi connectivity index (χ2v) is 5.70. The Morgan fingerprint density at radius 3 is 2.84 bits per heavy atom. The number of rotatable bonds is 9. The average Bonchev–Trinajstić information content (AvgIpc) is 2.86. The summed E-state index contributed by atoms with van der Waals surface area (Å²) in [6.45, 7) is 3.17. The molecule has 1 aliphatic carbocycles. The zero-order valence-corrected chi connectivity index (χ0v) is 11.9. The van der Waals surface area contributed by atoms with Crippen molar-refractivity contribution in [2.45, 2.75) is 49.9 Å². The molecule has 2 N–H and O–H groups in total. The van der Waals surface area contributed by atoms with Crippen LogP contribution in [0.25, 0.3) is 0 Å². The van der Waals surface area contributed by atoms with Crippen LogP contribution in [0, 0.1) is 0 Å². The SMILES string of the molecule is COC1(CNCC(O)COCC2CCCO2)CCC1. The molecule has 0 radical (unpaired) electrons. The summed E-state index contributed by atoms with van der Waals surface area (Å²) in [4.78, 5) is 0. The number of hydrogen-bond acceptors (Lipinski definition) is 5. The van der Waals surface area contributed by atoms with Crippen LogP contribution in [0.5, 0.6) is 0 Å². The predicted octanol–water partition coefficient (Wildman–Crippen LogP) is 0.702. The largest absolute Gasteiger partial charge is 0.389 e. The molecule has 0 aromatic carbocycles. The summed E-state index contributed by atoms with van der Waals surface area (Å²) >= 11 is 0. The summed E-state index contributed by atoms with van der Waals surface area (Å²) < 4.78 is 16.5. The second-order valence-electron chi connectivity index (χ2n) is 5.70. The highest BCUT2D eigenvalue weighted by atomic mass is 16.5. The van der Waals surface area contributed by atoms with E-state index in [0.29, 0.717) is 19.8 Å². The number of aliphatic hydroxyl groups excluding tert-OH is 1. The van der Waals surface area contributed by atoms with Crippen LogP contribution in [0.15, 0.2) is 0 Å². The fourth-order valence-electron chi connectivity index (χ4n) is 2.66. The smallest absolute Gasteiger partial charge is 0.0897 e. The molecule has 1 heterocycles. The van der Waals surface area contributed by atoms with E-state index >= 15 is 0 Å². The van der Waals surface area contributed by atoms with Gasteiger partial charge in [-0.15, -0.1) is 0 Å². The fourth-order valence-corrected chi connectivity index (χ4v) is 2.66. The van der Waals surface area contributed by atoms with Gasteiger partial charge in [-0.05, 0) is 32.1 Å². The van der Waals surface area contributed by atoms with E-state index in [9.17, 15) is 5.11 Å². The van der Waals surface area contributed by atoms with Crippen molar-refractivity contribution in [1.29, 1.82) is 0 Å². The number of ether oxygens (including phenoxy) is 3. The van der Waals surface area contributed by atoms with E-state index in [4.69, 9.17) is 14.2 Å². The zero-order valence-electron chi connectivity index (χ0n) is 11.9. The van der Waals surface area contributed by atoms with Crippen LogP contribution >= 0.6 is 0 Å². The summed E-state index contributed by atoms with van der Waals surface area (Å²) in [5, 5.41) is 13.1. The molecule has 112 valence electrons. The third-order valence-corrected chi connectivity index (χ3v) is 4.16. The standard InChI is InChI=1S/C14H27NO4/c1-17-14(5-3-6-14)11-15-8-12(16)9-18-10-13-4-2-7-19-13/h12-13,15-16H,2-11H2,1H3. The van der Waals surface area contributed by atoms with E-state index in [0.717, 1.165) is 38.8 Å². The topological polar surface area (TPSA) is 60.0 Å². The molecule has 1 saturated carbocycles. The summed E-state index contributed by atoms with van der Waals surface area (Å²) in [7, 11) is 1.77. The Morgan fingerprint density at radius 2 is 2.26 bits per heavy atom. The Hall–Kier alpha value is -0.200. The molecule has 2 atom stereocenters. The minimum absolute atomic E-state index is 0.0122. The summed E-state index contributed by atoms with van der Waals surface area (Å²) in [5.41, 5.74) is 0.0122. The first kappa shape index (κ1) is 15.2. The minimum Gasteiger partial charge on any atom is -0.389 e. The molecule has 2 rings (SSSR count). The van der Waals surface area contributed by atoms with Crippen LogP contribution in [0.4, 0.5) is 0 Å². The summed E-state index contributed by atoms with van der Waals surface area (Å²) in [5.74, 6) is 0. The normalized spacial score (nSPS) is 27.2. The number of nitrogens with one attached hydrogen (secondary N) is 1. The van der Waals surface area contributed by atoms with Gasteiger partial charge in [-0.25, -0.2) is 0 Å². The lowest BCUT2D eigenvalue weighted by Crippen LogP contribution is -2.49. The quantitative estimate of drug-likeness (QED) is 0.647. The maximum Gasteiger partial charge on any atom is 0.0897 e. The van der Waals surface area contributed by atoms with Crippen molar-refractivity contribution in [2.75, 3.05) is 40.0 Å². The Morgan fingerprint density at radius 1 is 1.42 bits per heavy atom. The van der Waals surface area contributed by atoms with E-state index in [1.54, 1.807) is 7.11 Å². The lowest BCUT2D eigenvalue weighted by molar-refractivity contribution is -0.0717. The second kappa shape index (κ2) is 7.55. The van der Waals surface area contributed by atoms with E-state index in [1.807, 2.05) is 0 Å². The molecule has 0 spiro atoms. The molecule has 5 nitrogen and oxygen atoms in total. The molecule has 0 bridgehead atoms. The molecule has 2 unspecified atom stereocenters. The van der Waals surface area contributed by atoms with Gasteiger partial charge in [-0.2, -0.15) is 0 Å². The monoisotopic (exact) mass is 273 g/mol. The molecule has 19 heavy (non-hydrogen) atoms. The molecular formula is C14H27NO4. The third-order valence-electron chi connectivity index (χ3n) is 4.16. The van der Waals surface area contributed by atoms with Gasteiger partial charge in [-0.1, -0.05) is 0 Å². The van der Waals surface area contributed by atoms with Gasteiger partial charge in [0.25, 0.3) is 0 Å². The average molecular weight is 273 g/mol. The fraction of sp³-hybridized carbons (Fsp3) is 1.00. The van der Waals surface area contributed by atoms with Gasteiger partial charge in [0, 0.05) is 26.8 Å². The molecule has 1 aliphatic heterocycles. The molecule has 2 fully saturated rings. The summed E-state index contributed by atoms with van der Waals surface area (Å²) in [6, 6.07) is 0. The molecule has 0 amide bonds. The van der Waals surface area contributed by atoms with Gasteiger partial charge in [0.2, 0.25) is 0 Å². The van der Waals surface area contributed by atoms with Crippen molar-refractivity contribution in [3.8, 4) is 0 Å². The Balaban J connectivity index is 1.48. The van der Waals surface area contributed by atoms with Crippen LogP contribution in [0.3, 0.4) is 0 Å². The van der Waals surface area contributed by atoms with Gasteiger partial charge in [0.1, 0.15) is 0 Å². The van der Waals surface area contributed by atoms with Crippen LogP contribution in [-0.2, 0) is 14.2 Å². The van der Waals surface area contributed by atoms with Gasteiger partial charge < -0.3 is 24.6 Å². The van der Waals surface area contributed by atoms with Crippen molar-refractivity contribution in [3.05, 3.63) is 0 Å². The van der Waals surface area contributed by atoms with Crippen LogP contribution < -0.4 is 5.32 Å². The Labute approximate surface area is 115 Å². The van der Waals surface area contributed by atoms with Crippen molar-refractivity contribution in [1.82, 2.24) is 5.32 Å². The molecule has 0 aromatic rings. The van der Waals surface area contributed by atoms with Crippen molar-refractivity contribution in [2.24, 2.45) is 0 Å². The third kappa shape index (κ3) is 4.68. The summed E-state index contributed by atoms with van der Waals surface area (Å²) in [6.07, 6.45) is 5.43. The Bertz CT molecular complexity index is 246.